The molecule has 0 N–H and O–H groups in total. The van der Waals surface area contributed by atoms with Gasteiger partial charge in [-0.1, -0.05) is 0 Å². The molecule has 12 heavy (non-hydrogen) atoms. The number of hydrogen-bond acceptors (Lipinski definition) is 0. The van der Waals surface area contributed by atoms with Crippen molar-refractivity contribution in [2.75, 3.05) is 0 Å². The first-order chi connectivity index (χ1) is 5.47. The van der Waals surface area contributed by atoms with Gasteiger partial charge in [-0.2, -0.15) is 0 Å². The number of halogens is 3. The molecule has 4 heteroatoms. The van der Waals surface area contributed by atoms with Crippen molar-refractivity contribution in [3.63, 3.8) is 0 Å². The summed E-state index contributed by atoms with van der Waals surface area (Å²) in [5, 5.41) is 0. The first-order valence-electron chi connectivity index (χ1n) is 3.15. The van der Waals surface area contributed by atoms with Crippen molar-refractivity contribution in [3.8, 4) is 4.41 Å². The topological polar surface area (TPSA) is 0 Å². The predicted molar refractivity (Wildman–Crippen MR) is 37.5 cm³/mol. The Morgan fingerprint density at radius 3 is 2.00 bits per heavy atom. The SMILES string of the molecule is Cc1ccc([C]#[Ru]([F])([F])[F])cc1. The van der Waals surface area contributed by atoms with Gasteiger partial charge in [0.2, 0.25) is 0 Å². The zero-order valence-corrected chi connectivity index (χ0v) is 8.03. The van der Waals surface area contributed by atoms with Gasteiger partial charge in [0.15, 0.2) is 0 Å². The molecule has 0 nitrogen and oxygen atoms in total. The van der Waals surface area contributed by atoms with Crippen LogP contribution in [0, 0.1) is 11.3 Å². The van der Waals surface area contributed by atoms with E-state index in [0.717, 1.165) is 5.56 Å². The Morgan fingerprint density at radius 1 is 1.08 bits per heavy atom. The van der Waals surface area contributed by atoms with Gasteiger partial charge in [-0.25, -0.2) is 0 Å². The van der Waals surface area contributed by atoms with Crippen LogP contribution in [0.5, 0.6) is 0 Å². The molecule has 0 heterocycles. The van der Waals surface area contributed by atoms with Gasteiger partial charge in [0, 0.05) is 0 Å². The molecule has 0 bridgehead atoms. The molecule has 0 spiro atoms. The average Bonchev–Trinajstić information content (AvgIpc) is 1.91. The van der Waals surface area contributed by atoms with Crippen LogP contribution in [-0.2, 0) is 15.6 Å². The van der Waals surface area contributed by atoms with E-state index in [9.17, 15) is 9.95 Å². The Balaban J connectivity index is 3.11. The zero-order valence-electron chi connectivity index (χ0n) is 6.30. The molecule has 0 aliphatic rings. The minimum absolute atomic E-state index is 0.139. The van der Waals surface area contributed by atoms with Crippen LogP contribution >= 0.6 is 0 Å². The Labute approximate surface area is 72.7 Å². The summed E-state index contributed by atoms with van der Waals surface area (Å²) in [7, 11) is 0. The third-order valence-corrected chi connectivity index (χ3v) is 2.25. The summed E-state index contributed by atoms with van der Waals surface area (Å²) >= 11 is -5.96. The molecule has 1 rings (SSSR count). The van der Waals surface area contributed by atoms with Gasteiger partial charge < -0.3 is 0 Å². The molecular weight excluding hydrogens is 254 g/mol. The van der Waals surface area contributed by atoms with Crippen LogP contribution in [0.1, 0.15) is 11.1 Å². The fourth-order valence-electron chi connectivity index (χ4n) is 0.728. The molecule has 0 fully saturated rings. The van der Waals surface area contributed by atoms with Gasteiger partial charge in [-0.05, 0) is 0 Å². The second-order valence-corrected chi connectivity index (χ2v) is 4.47. The van der Waals surface area contributed by atoms with Gasteiger partial charge in [0.1, 0.15) is 0 Å². The molecule has 0 aliphatic carbocycles. The van der Waals surface area contributed by atoms with Crippen molar-refractivity contribution >= 4 is 0 Å². The fourth-order valence-corrected chi connectivity index (χ4v) is 1.59. The first kappa shape index (κ1) is 9.50. The van der Waals surface area contributed by atoms with Crippen molar-refractivity contribution < 1.29 is 25.6 Å². The van der Waals surface area contributed by atoms with E-state index in [1.807, 2.05) is 6.92 Å². The van der Waals surface area contributed by atoms with Crippen molar-refractivity contribution in [2.24, 2.45) is 0 Å². The van der Waals surface area contributed by atoms with Crippen LogP contribution in [0.2, 0.25) is 0 Å². The van der Waals surface area contributed by atoms with Crippen molar-refractivity contribution in [1.82, 2.24) is 0 Å². The van der Waals surface area contributed by atoms with Crippen molar-refractivity contribution in [1.29, 1.82) is 0 Å². The van der Waals surface area contributed by atoms with E-state index in [1.54, 1.807) is 16.5 Å². The molecule has 0 radical (unpaired) electrons. The molecule has 0 saturated carbocycles. The summed E-state index contributed by atoms with van der Waals surface area (Å²) in [6, 6.07) is 6.16. The van der Waals surface area contributed by atoms with Crippen molar-refractivity contribution in [2.45, 2.75) is 6.92 Å². The molecule has 0 amide bonds. The summed E-state index contributed by atoms with van der Waals surface area (Å²) in [6.07, 6.45) is 0. The number of hydrogen-bond donors (Lipinski definition) is 0. The standard InChI is InChI=1S/C8H7.3FH.Ru/c1-7-3-5-8(2)6-4-7;;;;/h3-6H,1H3;3*1H;/q;;;;+3/p-3. The van der Waals surface area contributed by atoms with Crippen LogP contribution in [0.3, 0.4) is 0 Å². The van der Waals surface area contributed by atoms with E-state index in [-0.39, 0.29) is 5.56 Å². The molecule has 0 atom stereocenters. The normalized spacial score (nSPS) is 12.3. The number of aryl methyl sites for hydroxylation is 1. The average molecular weight is 261 g/mol. The summed E-state index contributed by atoms with van der Waals surface area (Å²) in [5.41, 5.74) is 1.09. The molecule has 1 aromatic rings. The van der Waals surface area contributed by atoms with Crippen LogP contribution in [0.4, 0.5) is 9.95 Å². The van der Waals surface area contributed by atoms with Gasteiger partial charge in [0.05, 0.1) is 0 Å². The van der Waals surface area contributed by atoms with Gasteiger partial charge in [-0.15, -0.1) is 0 Å². The van der Waals surface area contributed by atoms with Crippen LogP contribution < -0.4 is 0 Å². The molecular formula is C8H7F3Ru. The summed E-state index contributed by atoms with van der Waals surface area (Å²) in [4.78, 5) is 0. The van der Waals surface area contributed by atoms with Gasteiger partial charge in [0.25, 0.3) is 0 Å². The second-order valence-electron chi connectivity index (χ2n) is 2.31. The summed E-state index contributed by atoms with van der Waals surface area (Å²) in [6.45, 7) is 1.83. The molecule has 0 aromatic heterocycles. The van der Waals surface area contributed by atoms with Crippen LogP contribution in [0.15, 0.2) is 24.3 Å². The third kappa shape index (κ3) is 3.21. The predicted octanol–water partition coefficient (Wildman–Crippen LogP) is 3.11. The molecule has 0 aliphatic heterocycles. The van der Waals surface area contributed by atoms with E-state index in [1.165, 1.54) is 12.1 Å². The van der Waals surface area contributed by atoms with E-state index >= 15 is 0 Å². The van der Waals surface area contributed by atoms with E-state index in [2.05, 4.69) is 0 Å². The van der Waals surface area contributed by atoms with Crippen LogP contribution in [0.25, 0.3) is 0 Å². The second kappa shape index (κ2) is 3.43. The Morgan fingerprint density at radius 2 is 1.58 bits per heavy atom. The molecule has 0 saturated heterocycles. The molecule has 0 unspecified atom stereocenters. The molecule has 1 aromatic carbocycles. The zero-order chi connectivity index (χ0) is 9.19. The maximum absolute atomic E-state index is 11.9. The van der Waals surface area contributed by atoms with E-state index in [0.29, 0.717) is 0 Å². The monoisotopic (exact) mass is 262 g/mol. The van der Waals surface area contributed by atoms with Gasteiger partial charge in [-0.3, -0.25) is 0 Å². The minimum atomic E-state index is -5.96. The first-order valence-corrected chi connectivity index (χ1v) is 5.99. The fraction of sp³-hybridized carbons (Fsp3) is 0.125. The van der Waals surface area contributed by atoms with E-state index in [4.69, 9.17) is 0 Å². The number of rotatable bonds is 0. The summed E-state index contributed by atoms with van der Waals surface area (Å²) < 4.78 is 37.3. The van der Waals surface area contributed by atoms with Gasteiger partial charge >= 0.3 is 72.3 Å². The Kier molecular flexibility index (Phi) is 2.71. The van der Waals surface area contributed by atoms with E-state index < -0.39 is 15.6 Å². The Bertz CT molecular complexity index is 360. The number of benzene rings is 1. The Hall–Kier alpha value is -0.587. The maximum atomic E-state index is 11.9. The molecule has 68 valence electrons. The van der Waals surface area contributed by atoms with Crippen molar-refractivity contribution in [3.05, 3.63) is 35.4 Å². The third-order valence-electron chi connectivity index (χ3n) is 1.25. The quantitative estimate of drug-likeness (QED) is 0.629. The summed E-state index contributed by atoms with van der Waals surface area (Å²) in [5.74, 6) is 0. The van der Waals surface area contributed by atoms with Crippen LogP contribution in [-0.4, -0.2) is 0 Å².